The number of H-pyrrole nitrogens is 1. The monoisotopic (exact) mass is 554 g/mol. The fraction of sp³-hybridized carbons (Fsp3) is 0.267. The largest absolute Gasteiger partial charge is 0.478 e. The number of carbonyl (C=O) groups is 1. The highest BCUT2D eigenvalue weighted by molar-refractivity contribution is 7.10. The highest BCUT2D eigenvalue weighted by atomic mass is 32.1. The van der Waals surface area contributed by atoms with Crippen LogP contribution in [-0.4, -0.2) is 41.3 Å². The minimum Gasteiger partial charge on any atom is -0.478 e. The second kappa shape index (κ2) is 12.2. The summed E-state index contributed by atoms with van der Waals surface area (Å²) in [5.74, 6) is 0.240. The van der Waals surface area contributed by atoms with Crippen molar-refractivity contribution >= 4 is 17.3 Å². The fourth-order valence-electron chi connectivity index (χ4n) is 4.90. The molecule has 2 N–H and O–H groups in total. The van der Waals surface area contributed by atoms with Gasteiger partial charge in [-0.05, 0) is 53.1 Å². The lowest BCUT2D eigenvalue weighted by Crippen LogP contribution is -2.30. The summed E-state index contributed by atoms with van der Waals surface area (Å²) in [6.07, 6.45) is 3.63. The minimum absolute atomic E-state index is 0.0569. The predicted octanol–water partition coefficient (Wildman–Crippen LogP) is 5.33. The van der Waals surface area contributed by atoms with Gasteiger partial charge >= 0.3 is 5.97 Å². The Morgan fingerprint density at radius 2 is 1.82 bits per heavy atom. The number of aryl methyl sites for hydroxylation is 3. The number of hydrogen-bond acceptors (Lipinski definition) is 7. The maximum Gasteiger partial charge on any atom is 0.336 e. The molecule has 2 aromatic carbocycles. The van der Waals surface area contributed by atoms with Gasteiger partial charge in [-0.15, -0.1) is 21.5 Å². The van der Waals surface area contributed by atoms with Crippen LogP contribution in [0.15, 0.2) is 64.8 Å². The van der Waals surface area contributed by atoms with Crippen molar-refractivity contribution in [2.45, 2.75) is 52.5 Å². The van der Waals surface area contributed by atoms with E-state index in [1.165, 1.54) is 11.3 Å². The maximum atomic E-state index is 13.8. The molecule has 0 amide bonds. The Kier molecular flexibility index (Phi) is 8.26. The predicted molar refractivity (Wildman–Crippen MR) is 155 cm³/mol. The molecule has 0 saturated carbocycles. The molecule has 0 unspecified atom stereocenters. The Hall–Kier alpha value is -4.44. The molecule has 0 radical (unpaired) electrons. The van der Waals surface area contributed by atoms with Crippen LogP contribution >= 0.6 is 11.3 Å². The second-order valence-corrected chi connectivity index (χ2v) is 10.6. The summed E-state index contributed by atoms with van der Waals surface area (Å²) in [6, 6.07) is 17.7. The Morgan fingerprint density at radius 3 is 2.52 bits per heavy atom. The number of aromatic amines is 1. The van der Waals surface area contributed by atoms with Crippen LogP contribution in [-0.2, 0) is 25.8 Å². The molecular formula is C30H30N6O3S. The van der Waals surface area contributed by atoms with Gasteiger partial charge in [0.05, 0.1) is 11.3 Å². The summed E-state index contributed by atoms with van der Waals surface area (Å²) < 4.78 is 1.69. The van der Waals surface area contributed by atoms with Gasteiger partial charge < -0.3 is 5.11 Å². The van der Waals surface area contributed by atoms with E-state index in [4.69, 9.17) is 4.98 Å². The molecule has 0 atom stereocenters. The number of thiophene rings is 1. The molecule has 5 aromatic rings. The van der Waals surface area contributed by atoms with E-state index in [1.54, 1.807) is 16.0 Å². The number of carboxylic acid groups (broad SMARTS) is 1. The molecule has 0 aliphatic rings. The first-order valence-corrected chi connectivity index (χ1v) is 14.1. The second-order valence-electron chi connectivity index (χ2n) is 9.61. The van der Waals surface area contributed by atoms with Gasteiger partial charge in [-0.1, -0.05) is 61.9 Å². The smallest absolute Gasteiger partial charge is 0.336 e. The Labute approximate surface area is 235 Å². The van der Waals surface area contributed by atoms with Gasteiger partial charge in [0.2, 0.25) is 5.82 Å². The molecule has 0 aliphatic carbocycles. The molecule has 0 bridgehead atoms. The zero-order chi connectivity index (χ0) is 28.1. The van der Waals surface area contributed by atoms with Crippen LogP contribution in [0.1, 0.15) is 57.6 Å². The average molecular weight is 555 g/mol. The number of unbranched alkanes of at least 4 members (excludes halogenated alkanes) is 1. The first kappa shape index (κ1) is 27.1. The highest BCUT2D eigenvalue weighted by Gasteiger charge is 2.18. The summed E-state index contributed by atoms with van der Waals surface area (Å²) in [6.45, 7) is 4.36. The van der Waals surface area contributed by atoms with Crippen molar-refractivity contribution in [3.8, 4) is 22.5 Å². The molecule has 0 saturated heterocycles. The van der Waals surface area contributed by atoms with Crippen molar-refractivity contribution in [2.75, 3.05) is 0 Å². The van der Waals surface area contributed by atoms with Crippen molar-refractivity contribution in [1.29, 1.82) is 0 Å². The van der Waals surface area contributed by atoms with Crippen LogP contribution in [0.4, 0.5) is 0 Å². The van der Waals surface area contributed by atoms with E-state index >= 15 is 0 Å². The first-order valence-electron chi connectivity index (χ1n) is 13.3. The van der Waals surface area contributed by atoms with Crippen LogP contribution in [0, 0.1) is 6.92 Å². The van der Waals surface area contributed by atoms with Crippen molar-refractivity contribution < 1.29 is 9.90 Å². The minimum atomic E-state index is -0.947. The molecule has 5 rings (SSSR count). The third-order valence-electron chi connectivity index (χ3n) is 7.00. The first-order chi connectivity index (χ1) is 19.5. The lowest BCUT2D eigenvalue weighted by Gasteiger charge is -2.16. The van der Waals surface area contributed by atoms with E-state index < -0.39 is 5.97 Å². The van der Waals surface area contributed by atoms with Crippen molar-refractivity contribution in [2.24, 2.45) is 0 Å². The number of aromatic nitrogens is 6. The SMILES string of the molecule is CCCCc1nc(C)n(CCc2sccc2C(=O)O)c(=O)c1Cc1ccc(-c2ccccc2-c2nn[nH]n2)cc1. The number of benzene rings is 2. The van der Waals surface area contributed by atoms with Crippen LogP contribution < -0.4 is 5.56 Å². The lowest BCUT2D eigenvalue weighted by molar-refractivity contribution is 0.0696. The van der Waals surface area contributed by atoms with Crippen LogP contribution in [0.2, 0.25) is 0 Å². The molecular weight excluding hydrogens is 524 g/mol. The standard InChI is InChI=1S/C30H30N6O3S/c1-3-4-9-26-25(29(37)36(19(2)31-26)16-14-27-24(30(38)39)15-17-40-27)18-20-10-12-21(13-11-20)22-7-5-6-8-23(22)28-32-34-35-33-28/h5-8,10-13,15,17H,3-4,9,14,16,18H2,1-2H3,(H,38,39)(H,32,33,34,35). The molecule has 9 nitrogen and oxygen atoms in total. The molecule has 0 aliphatic heterocycles. The third-order valence-corrected chi connectivity index (χ3v) is 7.98. The maximum absolute atomic E-state index is 13.8. The number of tetrazole rings is 1. The lowest BCUT2D eigenvalue weighted by atomic mass is 9.96. The summed E-state index contributed by atoms with van der Waals surface area (Å²) in [4.78, 5) is 31.0. The summed E-state index contributed by atoms with van der Waals surface area (Å²) in [5.41, 5.74) is 5.68. The molecule has 0 spiro atoms. The van der Waals surface area contributed by atoms with Gasteiger partial charge in [0.25, 0.3) is 5.56 Å². The number of hydrogen-bond donors (Lipinski definition) is 2. The Balaban J connectivity index is 1.44. The summed E-state index contributed by atoms with van der Waals surface area (Å²) in [7, 11) is 0. The molecule has 3 heterocycles. The number of nitrogens with one attached hydrogen (secondary N) is 1. The number of rotatable bonds is 11. The average Bonchev–Trinajstić information content (AvgIpc) is 3.67. The molecule has 204 valence electrons. The zero-order valence-corrected chi connectivity index (χ0v) is 23.2. The van der Waals surface area contributed by atoms with Crippen LogP contribution in [0.25, 0.3) is 22.5 Å². The van der Waals surface area contributed by atoms with E-state index in [0.717, 1.165) is 52.1 Å². The number of carboxylic acids is 1. The quantitative estimate of drug-likeness (QED) is 0.226. The van der Waals surface area contributed by atoms with Gasteiger partial charge in [-0.25, -0.2) is 9.78 Å². The Morgan fingerprint density at radius 1 is 1.05 bits per heavy atom. The summed E-state index contributed by atoms with van der Waals surface area (Å²) in [5, 5.41) is 25.7. The van der Waals surface area contributed by atoms with Crippen molar-refractivity contribution in [3.63, 3.8) is 0 Å². The van der Waals surface area contributed by atoms with Crippen molar-refractivity contribution in [3.05, 3.63) is 103 Å². The van der Waals surface area contributed by atoms with E-state index in [2.05, 4.69) is 27.5 Å². The highest BCUT2D eigenvalue weighted by Crippen LogP contribution is 2.30. The van der Waals surface area contributed by atoms with Crippen molar-refractivity contribution in [1.82, 2.24) is 30.2 Å². The van der Waals surface area contributed by atoms with E-state index in [-0.39, 0.29) is 5.56 Å². The fourth-order valence-corrected chi connectivity index (χ4v) is 5.76. The van der Waals surface area contributed by atoms with Gasteiger partial charge in [0.1, 0.15) is 5.82 Å². The van der Waals surface area contributed by atoms with Crippen LogP contribution in [0.5, 0.6) is 0 Å². The van der Waals surface area contributed by atoms with E-state index in [1.807, 2.05) is 55.5 Å². The molecule has 0 fully saturated rings. The number of aromatic carboxylic acids is 1. The molecule has 10 heteroatoms. The molecule has 3 aromatic heterocycles. The van der Waals surface area contributed by atoms with E-state index in [0.29, 0.717) is 42.2 Å². The topological polar surface area (TPSA) is 127 Å². The number of nitrogens with zero attached hydrogens (tertiary/aromatic N) is 5. The molecule has 40 heavy (non-hydrogen) atoms. The Bertz CT molecular complexity index is 1670. The third kappa shape index (κ3) is 5.76. The van der Waals surface area contributed by atoms with Gasteiger partial charge in [-0.3, -0.25) is 9.36 Å². The van der Waals surface area contributed by atoms with Crippen LogP contribution in [0.3, 0.4) is 0 Å². The van der Waals surface area contributed by atoms with E-state index in [9.17, 15) is 14.7 Å². The van der Waals surface area contributed by atoms with Gasteiger partial charge in [0, 0.05) is 35.4 Å². The summed E-state index contributed by atoms with van der Waals surface area (Å²) >= 11 is 1.40. The van der Waals surface area contributed by atoms with Gasteiger partial charge in [-0.2, -0.15) is 5.21 Å². The van der Waals surface area contributed by atoms with Gasteiger partial charge in [0.15, 0.2) is 0 Å². The normalized spacial score (nSPS) is 11.2. The zero-order valence-electron chi connectivity index (χ0n) is 22.4.